The summed E-state index contributed by atoms with van der Waals surface area (Å²) in [6.45, 7) is 10.6. The molecule has 4 heterocycles. The maximum Gasteiger partial charge on any atom is 0.255 e. The van der Waals surface area contributed by atoms with Crippen molar-refractivity contribution in [2.75, 3.05) is 44.2 Å². The van der Waals surface area contributed by atoms with Gasteiger partial charge in [0.25, 0.3) is 5.91 Å². The van der Waals surface area contributed by atoms with E-state index in [0.29, 0.717) is 24.6 Å². The number of piperidine rings is 1. The fourth-order valence-electron chi connectivity index (χ4n) is 4.86. The molecule has 0 aliphatic carbocycles. The van der Waals surface area contributed by atoms with E-state index in [4.69, 9.17) is 0 Å². The Kier molecular flexibility index (Phi) is 6.06. The van der Waals surface area contributed by atoms with Gasteiger partial charge in [0.2, 0.25) is 11.8 Å². The average Bonchev–Trinajstić information content (AvgIpc) is 3.10. The Bertz CT molecular complexity index is 842. The molecule has 8 heteroatoms. The van der Waals surface area contributed by atoms with Crippen LogP contribution in [0.1, 0.15) is 42.6 Å². The molecule has 1 aromatic rings. The van der Waals surface area contributed by atoms with Crippen molar-refractivity contribution >= 4 is 23.4 Å². The molecule has 5 rings (SSSR count). The van der Waals surface area contributed by atoms with E-state index in [0.717, 1.165) is 50.5 Å². The second-order valence-corrected chi connectivity index (χ2v) is 8.08. The van der Waals surface area contributed by atoms with E-state index in [1.54, 1.807) is 4.90 Å². The second kappa shape index (κ2) is 8.73. The van der Waals surface area contributed by atoms with Crippen molar-refractivity contribution in [3.63, 3.8) is 0 Å². The van der Waals surface area contributed by atoms with Crippen LogP contribution in [0.2, 0.25) is 0 Å². The molecule has 4 aliphatic heterocycles. The molecule has 3 saturated heterocycles. The van der Waals surface area contributed by atoms with Crippen LogP contribution in [-0.4, -0.2) is 78.9 Å². The van der Waals surface area contributed by atoms with Crippen LogP contribution in [0, 0.1) is 0 Å². The average molecular weight is 414 g/mol. The zero-order valence-electron chi connectivity index (χ0n) is 17.8. The molecule has 8 nitrogen and oxygen atoms in total. The number of amides is 3. The number of benzene rings is 1. The summed E-state index contributed by atoms with van der Waals surface area (Å²) in [6, 6.07) is 5.99. The van der Waals surface area contributed by atoms with Crippen LogP contribution in [0.4, 0.5) is 5.69 Å². The van der Waals surface area contributed by atoms with E-state index in [9.17, 15) is 14.4 Å². The Balaban J connectivity index is 0.00000106. The summed E-state index contributed by atoms with van der Waals surface area (Å²) in [4.78, 5) is 43.0. The van der Waals surface area contributed by atoms with Gasteiger partial charge in [-0.05, 0) is 30.2 Å². The summed E-state index contributed by atoms with van der Waals surface area (Å²) in [6.07, 6.45) is 0.676. The molecule has 0 saturated carbocycles. The van der Waals surface area contributed by atoms with Gasteiger partial charge in [0, 0.05) is 69.5 Å². The maximum absolute atomic E-state index is 12.8. The number of nitrogens with zero attached hydrogens (tertiary/aromatic N) is 3. The first-order valence-electron chi connectivity index (χ1n) is 11.1. The number of hydrogen-bond donors (Lipinski definition) is 2. The summed E-state index contributed by atoms with van der Waals surface area (Å²) in [5, 5.41) is 5.82. The predicted molar refractivity (Wildman–Crippen MR) is 114 cm³/mol. The van der Waals surface area contributed by atoms with Crippen LogP contribution < -0.4 is 15.5 Å². The lowest BCUT2D eigenvalue weighted by Crippen LogP contribution is -2.61. The summed E-state index contributed by atoms with van der Waals surface area (Å²) in [7, 11) is 0. The number of anilines is 1. The first-order chi connectivity index (χ1) is 14.6. The van der Waals surface area contributed by atoms with Crippen LogP contribution >= 0.6 is 0 Å². The van der Waals surface area contributed by atoms with Crippen molar-refractivity contribution in [3.05, 3.63) is 29.3 Å². The zero-order valence-corrected chi connectivity index (χ0v) is 17.8. The highest BCUT2D eigenvalue weighted by atomic mass is 16.2. The smallest absolute Gasteiger partial charge is 0.255 e. The lowest BCUT2D eigenvalue weighted by Gasteiger charge is -2.45. The van der Waals surface area contributed by atoms with Gasteiger partial charge in [0.1, 0.15) is 6.04 Å². The third-order valence-corrected chi connectivity index (χ3v) is 6.43. The van der Waals surface area contributed by atoms with Crippen LogP contribution in [-0.2, 0) is 16.1 Å². The number of hydrogen-bond acceptors (Lipinski definition) is 6. The molecule has 0 aromatic heterocycles. The molecule has 0 bridgehead atoms. The molecule has 2 unspecified atom stereocenters. The van der Waals surface area contributed by atoms with Crippen molar-refractivity contribution in [3.8, 4) is 0 Å². The minimum atomic E-state index is -0.557. The largest absolute Gasteiger partial charge is 0.369 e. The number of piperazine rings is 2. The summed E-state index contributed by atoms with van der Waals surface area (Å²) in [5.41, 5.74) is 2.78. The Morgan fingerprint density at radius 2 is 1.90 bits per heavy atom. The lowest BCUT2D eigenvalue weighted by molar-refractivity contribution is -0.136. The molecule has 162 valence electrons. The van der Waals surface area contributed by atoms with Gasteiger partial charge in [-0.3, -0.25) is 24.6 Å². The molecule has 1 aromatic carbocycles. The number of imide groups is 1. The van der Waals surface area contributed by atoms with Gasteiger partial charge in [-0.15, -0.1) is 0 Å². The van der Waals surface area contributed by atoms with E-state index in [-0.39, 0.29) is 24.1 Å². The van der Waals surface area contributed by atoms with Gasteiger partial charge in [0.05, 0.1) is 0 Å². The standard InChI is InChI=1S/C20H25N5O3.C2H6/c26-18-4-3-17(19(27)22-18)25-11-13-9-14(1-2-16(13)20(25)28)24-8-7-23-6-5-21-10-15(23)12-24;1-2/h1-2,9,15,17,21H,3-8,10-12H2,(H,22,26,27);1-2H3. The molecule has 0 spiro atoms. The van der Waals surface area contributed by atoms with Crippen LogP contribution in [0.5, 0.6) is 0 Å². The molecule has 2 N–H and O–H groups in total. The molecule has 3 amide bonds. The molecule has 2 atom stereocenters. The summed E-state index contributed by atoms with van der Waals surface area (Å²) < 4.78 is 0. The second-order valence-electron chi connectivity index (χ2n) is 8.08. The van der Waals surface area contributed by atoms with Crippen molar-refractivity contribution in [2.45, 2.75) is 45.3 Å². The van der Waals surface area contributed by atoms with Gasteiger partial charge in [-0.1, -0.05) is 13.8 Å². The highest BCUT2D eigenvalue weighted by molar-refractivity contribution is 6.05. The van der Waals surface area contributed by atoms with Crippen molar-refractivity contribution in [1.29, 1.82) is 0 Å². The van der Waals surface area contributed by atoms with Crippen LogP contribution in [0.15, 0.2) is 18.2 Å². The Morgan fingerprint density at radius 1 is 1.07 bits per heavy atom. The van der Waals surface area contributed by atoms with Gasteiger partial charge in [0.15, 0.2) is 0 Å². The van der Waals surface area contributed by atoms with Crippen molar-refractivity contribution in [1.82, 2.24) is 20.4 Å². The van der Waals surface area contributed by atoms with E-state index >= 15 is 0 Å². The SMILES string of the molecule is CC.O=C1CCC(N2Cc3cc(N4CCN5CCNCC5C4)ccc3C2=O)C(=O)N1. The summed E-state index contributed by atoms with van der Waals surface area (Å²) >= 11 is 0. The molecule has 3 fully saturated rings. The number of fused-ring (bicyclic) bond motifs is 2. The van der Waals surface area contributed by atoms with E-state index in [1.807, 2.05) is 26.0 Å². The number of carbonyl (C=O) groups is 3. The third-order valence-electron chi connectivity index (χ3n) is 6.43. The minimum Gasteiger partial charge on any atom is -0.369 e. The number of rotatable bonds is 2. The molecular formula is C22H31N5O3. The fourth-order valence-corrected chi connectivity index (χ4v) is 4.86. The van der Waals surface area contributed by atoms with E-state index < -0.39 is 6.04 Å². The monoisotopic (exact) mass is 413 g/mol. The quantitative estimate of drug-likeness (QED) is 0.690. The van der Waals surface area contributed by atoms with Crippen molar-refractivity contribution in [2.24, 2.45) is 0 Å². The number of nitrogens with one attached hydrogen (secondary N) is 2. The molecule has 0 radical (unpaired) electrons. The van der Waals surface area contributed by atoms with E-state index in [2.05, 4.69) is 26.5 Å². The normalized spacial score (nSPS) is 26.5. The van der Waals surface area contributed by atoms with Crippen LogP contribution in [0.3, 0.4) is 0 Å². The Morgan fingerprint density at radius 3 is 2.70 bits per heavy atom. The topological polar surface area (TPSA) is 85.0 Å². The molecular weight excluding hydrogens is 382 g/mol. The minimum absolute atomic E-state index is 0.114. The van der Waals surface area contributed by atoms with E-state index in [1.165, 1.54) is 0 Å². The Labute approximate surface area is 177 Å². The predicted octanol–water partition coefficient (Wildman–Crippen LogP) is 0.568. The lowest BCUT2D eigenvalue weighted by atomic mass is 10.0. The third kappa shape index (κ3) is 3.81. The molecule has 4 aliphatic rings. The van der Waals surface area contributed by atoms with Gasteiger partial charge >= 0.3 is 0 Å². The highest BCUT2D eigenvalue weighted by Gasteiger charge is 2.39. The van der Waals surface area contributed by atoms with Gasteiger partial charge in [-0.2, -0.15) is 0 Å². The van der Waals surface area contributed by atoms with Gasteiger partial charge < -0.3 is 15.1 Å². The van der Waals surface area contributed by atoms with Gasteiger partial charge in [-0.25, -0.2) is 0 Å². The first kappa shape index (κ1) is 20.8. The zero-order chi connectivity index (χ0) is 21.3. The van der Waals surface area contributed by atoms with Crippen molar-refractivity contribution < 1.29 is 14.4 Å². The maximum atomic E-state index is 12.8. The summed E-state index contributed by atoms with van der Waals surface area (Å²) in [5.74, 6) is -0.736. The fraction of sp³-hybridized carbons (Fsp3) is 0.591. The highest BCUT2D eigenvalue weighted by Crippen LogP contribution is 2.31. The first-order valence-corrected chi connectivity index (χ1v) is 11.1. The molecule has 30 heavy (non-hydrogen) atoms. The number of carbonyl (C=O) groups excluding carboxylic acids is 3. The Hall–Kier alpha value is -2.45. The van der Waals surface area contributed by atoms with Crippen LogP contribution in [0.25, 0.3) is 0 Å².